The molecule has 2 atom stereocenters. The van der Waals surface area contributed by atoms with Crippen LogP contribution in [0.25, 0.3) is 0 Å². The van der Waals surface area contributed by atoms with Crippen molar-refractivity contribution < 1.29 is 22.7 Å². The van der Waals surface area contributed by atoms with Crippen molar-refractivity contribution >= 4 is 28.7 Å². The first-order valence-corrected chi connectivity index (χ1v) is 13.6. The molecule has 5 rings (SSSR count). The van der Waals surface area contributed by atoms with E-state index < -0.39 is 17.7 Å². The summed E-state index contributed by atoms with van der Waals surface area (Å²) in [5.41, 5.74) is 2.44. The summed E-state index contributed by atoms with van der Waals surface area (Å²) in [5.74, 6) is 1.78. The number of carbonyl (C=O) groups excluding carboxylic acids is 1. The Bertz CT molecular complexity index is 1320. The van der Waals surface area contributed by atoms with Crippen LogP contribution in [-0.4, -0.2) is 13.1 Å². The largest absolute Gasteiger partial charge is 0.465 e. The maximum Gasteiger partial charge on any atom is 0.416 e. The zero-order valence-electron chi connectivity index (χ0n) is 22.6. The predicted molar refractivity (Wildman–Crippen MR) is 149 cm³/mol. The van der Waals surface area contributed by atoms with Gasteiger partial charge in [-0.1, -0.05) is 38.1 Å². The number of esters is 1. The summed E-state index contributed by atoms with van der Waals surface area (Å²) in [7, 11) is 1.26. The van der Waals surface area contributed by atoms with Crippen LogP contribution >= 0.6 is 0 Å². The minimum atomic E-state index is -4.54. The standard InChI is InChI=1S/C32H35F3N2O2/c1-20-12-21-14-22(13-20)19-31(2,18-21)23-8-10-25(11-9-23)36-26-15-24(32(33,34)35)16-27(17-26)37-29-7-5-4-6-28(29)30(38)39-3/h4-11,15-17,20-22,36-37H,12-14,18-19H2,1-3H3. The number of carbonyl (C=O) groups is 1. The van der Waals surface area contributed by atoms with Gasteiger partial charge in [0.05, 0.1) is 23.9 Å². The normalized spacial score (nSPS) is 24.6. The lowest BCUT2D eigenvalue weighted by Crippen LogP contribution is -2.38. The van der Waals surface area contributed by atoms with E-state index in [2.05, 4.69) is 36.6 Å². The summed E-state index contributed by atoms with van der Waals surface area (Å²) in [5, 5.41) is 6.11. The molecule has 3 aromatic rings. The third-order valence-corrected chi connectivity index (χ3v) is 8.36. The molecule has 2 fully saturated rings. The van der Waals surface area contributed by atoms with Gasteiger partial charge in [0.1, 0.15) is 0 Å². The van der Waals surface area contributed by atoms with Crippen LogP contribution in [0.3, 0.4) is 0 Å². The van der Waals surface area contributed by atoms with Crippen LogP contribution in [0.5, 0.6) is 0 Å². The van der Waals surface area contributed by atoms with Crippen LogP contribution < -0.4 is 10.6 Å². The van der Waals surface area contributed by atoms with Gasteiger partial charge in [0.2, 0.25) is 0 Å². The maximum atomic E-state index is 13.8. The molecule has 0 amide bonds. The summed E-state index contributed by atoms with van der Waals surface area (Å²) in [6, 6.07) is 18.4. The second-order valence-electron chi connectivity index (χ2n) is 11.7. The SMILES string of the molecule is COC(=O)c1ccccc1Nc1cc(Nc2ccc(C3(C)CC4CC(C)CC(C4)C3)cc2)cc(C(F)(F)F)c1. The number of para-hydroxylation sites is 1. The molecule has 4 nitrogen and oxygen atoms in total. The Kier molecular flexibility index (Phi) is 7.36. The molecule has 2 aliphatic carbocycles. The molecule has 2 N–H and O–H groups in total. The minimum absolute atomic E-state index is 0.132. The molecule has 2 unspecified atom stereocenters. The average Bonchev–Trinajstić information content (AvgIpc) is 2.87. The van der Waals surface area contributed by atoms with E-state index >= 15 is 0 Å². The van der Waals surface area contributed by atoms with E-state index in [1.807, 2.05) is 12.1 Å². The maximum absolute atomic E-state index is 13.8. The lowest BCUT2D eigenvalue weighted by molar-refractivity contribution is -0.137. The van der Waals surface area contributed by atoms with Crippen molar-refractivity contribution in [1.29, 1.82) is 0 Å². The van der Waals surface area contributed by atoms with E-state index in [0.29, 0.717) is 17.1 Å². The van der Waals surface area contributed by atoms with Gasteiger partial charge >= 0.3 is 12.1 Å². The van der Waals surface area contributed by atoms with Crippen molar-refractivity contribution in [2.24, 2.45) is 17.8 Å². The average molecular weight is 537 g/mol. The summed E-state index contributed by atoms with van der Waals surface area (Å²) in [6.45, 7) is 4.73. The molecule has 0 aromatic heterocycles. The predicted octanol–water partition coefficient (Wildman–Crippen LogP) is 9.08. The zero-order chi connectivity index (χ0) is 27.8. The molecule has 0 heterocycles. The third kappa shape index (κ3) is 6.07. The highest BCUT2D eigenvalue weighted by Gasteiger charge is 2.41. The van der Waals surface area contributed by atoms with Crippen LogP contribution in [0.4, 0.5) is 35.9 Å². The molecule has 2 aliphatic rings. The molecule has 0 saturated heterocycles. The van der Waals surface area contributed by atoms with E-state index in [4.69, 9.17) is 4.74 Å². The van der Waals surface area contributed by atoms with Gasteiger partial charge in [-0.2, -0.15) is 13.2 Å². The number of hydrogen-bond acceptors (Lipinski definition) is 4. The van der Waals surface area contributed by atoms with Crippen molar-refractivity contribution in [2.75, 3.05) is 17.7 Å². The number of halogens is 3. The number of rotatable bonds is 6. The Morgan fingerprint density at radius 2 is 1.49 bits per heavy atom. The van der Waals surface area contributed by atoms with E-state index in [1.165, 1.54) is 44.8 Å². The molecule has 7 heteroatoms. The van der Waals surface area contributed by atoms with Crippen molar-refractivity contribution in [3.8, 4) is 0 Å². The van der Waals surface area contributed by atoms with Gasteiger partial charge in [-0.25, -0.2) is 4.79 Å². The Hall–Kier alpha value is -3.48. The Morgan fingerprint density at radius 1 is 0.872 bits per heavy atom. The number of hydrogen-bond donors (Lipinski definition) is 2. The van der Waals surface area contributed by atoms with Gasteiger partial charge in [0.25, 0.3) is 0 Å². The highest BCUT2D eigenvalue weighted by Crippen LogP contribution is 2.51. The van der Waals surface area contributed by atoms with Gasteiger partial charge in [0.15, 0.2) is 0 Å². The molecular formula is C32H35F3N2O2. The quantitative estimate of drug-likeness (QED) is 0.309. The van der Waals surface area contributed by atoms with Gasteiger partial charge in [-0.15, -0.1) is 0 Å². The first-order valence-electron chi connectivity index (χ1n) is 13.6. The fourth-order valence-electron chi connectivity index (χ4n) is 6.92. The molecular weight excluding hydrogens is 501 g/mol. The van der Waals surface area contributed by atoms with Gasteiger partial charge in [0, 0.05) is 17.1 Å². The molecule has 0 radical (unpaired) electrons. The van der Waals surface area contributed by atoms with Crippen LogP contribution in [-0.2, 0) is 16.3 Å². The Labute approximate surface area is 228 Å². The fraction of sp³-hybridized carbons (Fsp3) is 0.406. The molecule has 3 aromatic carbocycles. The summed E-state index contributed by atoms with van der Waals surface area (Å²) >= 11 is 0. The van der Waals surface area contributed by atoms with Crippen LogP contribution in [0.1, 0.15) is 67.4 Å². The zero-order valence-corrected chi connectivity index (χ0v) is 22.6. The second kappa shape index (κ2) is 10.6. The van der Waals surface area contributed by atoms with E-state index in [-0.39, 0.29) is 16.7 Å². The molecule has 2 bridgehead atoms. The summed E-state index contributed by atoms with van der Waals surface area (Å²) < 4.78 is 46.2. The molecule has 206 valence electrons. The first kappa shape index (κ1) is 27.1. The topological polar surface area (TPSA) is 50.4 Å². The third-order valence-electron chi connectivity index (χ3n) is 8.36. The summed E-state index contributed by atoms with van der Waals surface area (Å²) in [6.07, 6.45) is 1.80. The fourth-order valence-corrected chi connectivity index (χ4v) is 6.92. The number of alkyl halides is 3. The van der Waals surface area contributed by atoms with E-state index in [0.717, 1.165) is 29.9 Å². The number of anilines is 4. The number of fused-ring (bicyclic) bond motifs is 2. The van der Waals surface area contributed by atoms with Crippen molar-refractivity contribution in [2.45, 2.75) is 57.5 Å². The van der Waals surface area contributed by atoms with Crippen molar-refractivity contribution in [3.63, 3.8) is 0 Å². The van der Waals surface area contributed by atoms with Crippen LogP contribution in [0, 0.1) is 17.8 Å². The smallest absolute Gasteiger partial charge is 0.416 e. The summed E-state index contributed by atoms with van der Waals surface area (Å²) in [4.78, 5) is 12.1. The van der Waals surface area contributed by atoms with Gasteiger partial charge in [-0.05, 0) is 103 Å². The van der Waals surface area contributed by atoms with E-state index in [9.17, 15) is 18.0 Å². The molecule has 39 heavy (non-hydrogen) atoms. The lowest BCUT2D eigenvalue weighted by atomic mass is 9.57. The van der Waals surface area contributed by atoms with E-state index in [1.54, 1.807) is 30.3 Å². The number of nitrogens with one attached hydrogen (secondary N) is 2. The number of benzene rings is 3. The molecule has 0 aliphatic heterocycles. The number of ether oxygens (including phenoxy) is 1. The highest BCUT2D eigenvalue weighted by atomic mass is 19.4. The lowest BCUT2D eigenvalue weighted by Gasteiger charge is -2.47. The monoisotopic (exact) mass is 536 g/mol. The van der Waals surface area contributed by atoms with Gasteiger partial charge < -0.3 is 15.4 Å². The molecule has 0 spiro atoms. The second-order valence-corrected chi connectivity index (χ2v) is 11.7. The van der Waals surface area contributed by atoms with Crippen LogP contribution in [0.2, 0.25) is 0 Å². The van der Waals surface area contributed by atoms with Crippen molar-refractivity contribution in [3.05, 3.63) is 83.4 Å². The highest BCUT2D eigenvalue weighted by molar-refractivity contribution is 5.96. The van der Waals surface area contributed by atoms with Crippen LogP contribution in [0.15, 0.2) is 66.7 Å². The Balaban J connectivity index is 1.38. The molecule has 2 saturated carbocycles. The minimum Gasteiger partial charge on any atom is -0.465 e. The van der Waals surface area contributed by atoms with Crippen molar-refractivity contribution in [1.82, 2.24) is 0 Å². The van der Waals surface area contributed by atoms with Gasteiger partial charge in [-0.3, -0.25) is 0 Å². The Morgan fingerprint density at radius 3 is 2.10 bits per heavy atom. The number of methoxy groups -OCH3 is 1. The first-order chi connectivity index (χ1) is 18.5.